The number of aliphatic hydroxyl groups is 2. The van der Waals surface area contributed by atoms with Crippen LogP contribution in [0.25, 0.3) is 0 Å². The molecule has 0 bridgehead atoms. The number of aliphatic hydroxyl groups excluding tert-OH is 2. The van der Waals surface area contributed by atoms with Crippen LogP contribution in [-0.4, -0.2) is 10.2 Å². The maximum Gasteiger partial charge on any atom is 0.101 e. The monoisotopic (exact) mass is 244 g/mol. The summed E-state index contributed by atoms with van der Waals surface area (Å²) in [6.45, 7) is 5.98. The first-order chi connectivity index (χ1) is 8.52. The highest BCUT2D eigenvalue weighted by atomic mass is 16.3. The molecule has 0 amide bonds. The molecule has 0 aliphatic heterocycles. The van der Waals surface area contributed by atoms with Crippen LogP contribution in [0.15, 0.2) is 47.1 Å². The van der Waals surface area contributed by atoms with Gasteiger partial charge in [0.25, 0.3) is 0 Å². The molecule has 1 aromatic carbocycles. The summed E-state index contributed by atoms with van der Waals surface area (Å²) in [5, 5.41) is 20.7. The van der Waals surface area contributed by atoms with E-state index >= 15 is 0 Å². The van der Waals surface area contributed by atoms with Gasteiger partial charge in [0.2, 0.25) is 0 Å². The van der Waals surface area contributed by atoms with Crippen molar-refractivity contribution < 1.29 is 10.2 Å². The van der Waals surface area contributed by atoms with Crippen molar-refractivity contribution in [2.75, 3.05) is 0 Å². The predicted molar refractivity (Wildman–Crippen MR) is 73.1 cm³/mol. The average molecular weight is 244 g/mol. The Kier molecular flexibility index (Phi) is 3.69. The Balaban J connectivity index is 2.43. The summed E-state index contributed by atoms with van der Waals surface area (Å²) in [4.78, 5) is 0. The third kappa shape index (κ3) is 2.26. The van der Waals surface area contributed by atoms with Crippen LogP contribution in [0.1, 0.15) is 50.5 Å². The van der Waals surface area contributed by atoms with Gasteiger partial charge >= 0.3 is 0 Å². The zero-order chi connectivity index (χ0) is 13.3. The summed E-state index contributed by atoms with van der Waals surface area (Å²) in [5.41, 5.74) is 4.66. The molecule has 96 valence electrons. The molecule has 18 heavy (non-hydrogen) atoms. The first-order valence-electron chi connectivity index (χ1n) is 6.30. The molecule has 0 spiro atoms. The second-order valence-electron chi connectivity index (χ2n) is 5.13. The van der Waals surface area contributed by atoms with E-state index in [0.29, 0.717) is 6.42 Å². The summed E-state index contributed by atoms with van der Waals surface area (Å²) in [5.74, 6) is 0. The zero-order valence-corrected chi connectivity index (χ0v) is 11.1. The van der Waals surface area contributed by atoms with E-state index in [1.807, 2.05) is 45.0 Å². The van der Waals surface area contributed by atoms with Crippen molar-refractivity contribution in [1.82, 2.24) is 0 Å². The van der Waals surface area contributed by atoms with E-state index in [2.05, 4.69) is 6.08 Å². The van der Waals surface area contributed by atoms with Gasteiger partial charge in [-0.2, -0.15) is 0 Å². The largest absolute Gasteiger partial charge is 0.384 e. The van der Waals surface area contributed by atoms with E-state index in [1.165, 1.54) is 5.57 Å². The highest BCUT2D eigenvalue weighted by molar-refractivity contribution is 5.45. The van der Waals surface area contributed by atoms with Crippen molar-refractivity contribution in [2.45, 2.75) is 39.4 Å². The SMILES string of the molecule is CC(C)=CCC1=C(C)C(O)c2ccccc2C1O. The fraction of sp³-hybridized carbons (Fsp3) is 0.375. The maximum absolute atomic E-state index is 10.4. The van der Waals surface area contributed by atoms with Gasteiger partial charge in [0.05, 0.1) is 0 Å². The van der Waals surface area contributed by atoms with Crippen LogP contribution in [0.5, 0.6) is 0 Å². The topological polar surface area (TPSA) is 40.5 Å². The Morgan fingerprint density at radius 3 is 2.22 bits per heavy atom. The molecule has 0 radical (unpaired) electrons. The lowest BCUT2D eigenvalue weighted by Crippen LogP contribution is -2.17. The van der Waals surface area contributed by atoms with Crippen LogP contribution < -0.4 is 0 Å². The number of fused-ring (bicyclic) bond motifs is 1. The van der Waals surface area contributed by atoms with Gasteiger partial charge in [-0.1, -0.05) is 35.9 Å². The van der Waals surface area contributed by atoms with Crippen LogP contribution in [0.4, 0.5) is 0 Å². The number of hydrogen-bond acceptors (Lipinski definition) is 2. The van der Waals surface area contributed by atoms with E-state index in [9.17, 15) is 10.2 Å². The lowest BCUT2D eigenvalue weighted by molar-refractivity contribution is 0.167. The second-order valence-corrected chi connectivity index (χ2v) is 5.13. The number of allylic oxidation sites excluding steroid dienone is 2. The van der Waals surface area contributed by atoms with Crippen LogP contribution >= 0.6 is 0 Å². The summed E-state index contributed by atoms with van der Waals surface area (Å²) >= 11 is 0. The van der Waals surface area contributed by atoms with Crippen LogP contribution in [0, 0.1) is 0 Å². The molecule has 0 aromatic heterocycles. The lowest BCUT2D eigenvalue weighted by atomic mass is 9.81. The third-order valence-corrected chi connectivity index (χ3v) is 3.56. The van der Waals surface area contributed by atoms with E-state index in [1.54, 1.807) is 0 Å². The van der Waals surface area contributed by atoms with E-state index in [0.717, 1.165) is 22.3 Å². The molecular formula is C16H20O2. The quantitative estimate of drug-likeness (QED) is 0.782. The molecule has 2 N–H and O–H groups in total. The minimum atomic E-state index is -0.597. The minimum Gasteiger partial charge on any atom is -0.384 e. The third-order valence-electron chi connectivity index (χ3n) is 3.56. The molecule has 0 fully saturated rings. The molecule has 0 saturated carbocycles. The zero-order valence-electron chi connectivity index (χ0n) is 11.1. The first kappa shape index (κ1) is 13.1. The normalized spacial score (nSPS) is 22.7. The Morgan fingerprint density at radius 2 is 1.67 bits per heavy atom. The molecule has 1 aliphatic rings. The van der Waals surface area contributed by atoms with Gasteiger partial charge in [-0.15, -0.1) is 0 Å². The molecule has 0 saturated heterocycles. The molecule has 2 rings (SSSR count). The number of hydrogen-bond donors (Lipinski definition) is 2. The van der Waals surface area contributed by atoms with Crippen LogP contribution in [0.3, 0.4) is 0 Å². The smallest absolute Gasteiger partial charge is 0.101 e. The van der Waals surface area contributed by atoms with Crippen molar-refractivity contribution in [3.63, 3.8) is 0 Å². The minimum absolute atomic E-state index is 0.592. The Hall–Kier alpha value is -1.38. The lowest BCUT2D eigenvalue weighted by Gasteiger charge is -2.29. The average Bonchev–Trinajstić information content (AvgIpc) is 2.36. The standard InChI is InChI=1S/C16H20O2/c1-10(2)8-9-12-11(3)15(17)13-6-4-5-7-14(13)16(12)18/h4-8,15-18H,9H2,1-3H3. The Labute approximate surface area is 108 Å². The van der Waals surface area contributed by atoms with Gasteiger partial charge in [0.1, 0.15) is 12.2 Å². The van der Waals surface area contributed by atoms with Crippen molar-refractivity contribution in [3.05, 3.63) is 58.2 Å². The van der Waals surface area contributed by atoms with E-state index in [4.69, 9.17) is 0 Å². The molecule has 0 heterocycles. The fourth-order valence-corrected chi connectivity index (χ4v) is 2.41. The van der Waals surface area contributed by atoms with Crippen LogP contribution in [0.2, 0.25) is 0 Å². The molecule has 1 aromatic rings. The second kappa shape index (κ2) is 5.09. The van der Waals surface area contributed by atoms with E-state index in [-0.39, 0.29) is 0 Å². The predicted octanol–water partition coefficient (Wildman–Crippen LogP) is 3.44. The van der Waals surface area contributed by atoms with Gasteiger partial charge in [0, 0.05) is 0 Å². The summed E-state index contributed by atoms with van der Waals surface area (Å²) < 4.78 is 0. The van der Waals surface area contributed by atoms with Crippen LogP contribution in [-0.2, 0) is 0 Å². The molecule has 2 atom stereocenters. The summed E-state index contributed by atoms with van der Waals surface area (Å²) in [6, 6.07) is 7.56. The maximum atomic E-state index is 10.4. The molecule has 2 unspecified atom stereocenters. The Morgan fingerprint density at radius 1 is 1.11 bits per heavy atom. The molecule has 2 heteroatoms. The van der Waals surface area contributed by atoms with Crippen molar-refractivity contribution in [3.8, 4) is 0 Å². The molecule has 2 nitrogen and oxygen atoms in total. The van der Waals surface area contributed by atoms with Gasteiger partial charge < -0.3 is 10.2 Å². The highest BCUT2D eigenvalue weighted by Crippen LogP contribution is 2.41. The molecule has 1 aliphatic carbocycles. The first-order valence-corrected chi connectivity index (χ1v) is 6.30. The van der Waals surface area contributed by atoms with Gasteiger partial charge in [0.15, 0.2) is 0 Å². The molecular weight excluding hydrogens is 224 g/mol. The Bertz CT molecular complexity index is 508. The summed E-state index contributed by atoms with van der Waals surface area (Å²) in [7, 11) is 0. The number of rotatable bonds is 2. The van der Waals surface area contributed by atoms with Gasteiger partial charge in [-0.3, -0.25) is 0 Å². The van der Waals surface area contributed by atoms with E-state index < -0.39 is 12.2 Å². The fourth-order valence-electron chi connectivity index (χ4n) is 2.41. The van der Waals surface area contributed by atoms with Crippen molar-refractivity contribution >= 4 is 0 Å². The van der Waals surface area contributed by atoms with Gasteiger partial charge in [-0.05, 0) is 49.5 Å². The van der Waals surface area contributed by atoms with Crippen molar-refractivity contribution in [1.29, 1.82) is 0 Å². The highest BCUT2D eigenvalue weighted by Gasteiger charge is 2.29. The summed E-state index contributed by atoms with van der Waals surface area (Å²) in [6.07, 6.45) is 1.59. The van der Waals surface area contributed by atoms with Gasteiger partial charge in [-0.25, -0.2) is 0 Å². The van der Waals surface area contributed by atoms with Crippen molar-refractivity contribution in [2.24, 2.45) is 0 Å². The number of benzene rings is 1.